The molecule has 1 amide bonds. The van der Waals surface area contributed by atoms with Gasteiger partial charge in [0.15, 0.2) is 5.69 Å². The fourth-order valence-corrected chi connectivity index (χ4v) is 4.88. The molecule has 2 heterocycles. The maximum atomic E-state index is 12.6. The van der Waals surface area contributed by atoms with E-state index in [1.807, 2.05) is 11.6 Å². The number of fused-ring (bicyclic) bond motifs is 1. The molecule has 2 aromatic rings. The van der Waals surface area contributed by atoms with Crippen molar-refractivity contribution in [3.63, 3.8) is 0 Å². The van der Waals surface area contributed by atoms with E-state index in [4.69, 9.17) is 5.73 Å². The number of nitrogens with one attached hydrogen (secondary N) is 1. The van der Waals surface area contributed by atoms with Crippen molar-refractivity contribution in [2.45, 2.75) is 70.0 Å². The lowest BCUT2D eigenvalue weighted by molar-refractivity contribution is 0.0926. The molecule has 0 spiro atoms. The second-order valence-electron chi connectivity index (χ2n) is 7.11. The zero-order chi connectivity index (χ0) is 17.4. The predicted octanol–water partition coefficient (Wildman–Crippen LogP) is 2.29. The van der Waals surface area contributed by atoms with Gasteiger partial charge in [-0.2, -0.15) is 0 Å². The number of carbonyl (C=O) groups is 1. The van der Waals surface area contributed by atoms with E-state index in [2.05, 4.69) is 20.6 Å². The van der Waals surface area contributed by atoms with Crippen molar-refractivity contribution in [2.75, 3.05) is 0 Å². The molecule has 0 bridgehead atoms. The van der Waals surface area contributed by atoms with Crippen LogP contribution in [0, 0.1) is 6.92 Å². The van der Waals surface area contributed by atoms with Gasteiger partial charge in [-0.05, 0) is 51.9 Å². The van der Waals surface area contributed by atoms with Crippen LogP contribution in [0.2, 0.25) is 0 Å². The van der Waals surface area contributed by atoms with Gasteiger partial charge in [0.2, 0.25) is 0 Å². The van der Waals surface area contributed by atoms with Crippen molar-refractivity contribution in [3.05, 3.63) is 27.5 Å². The zero-order valence-corrected chi connectivity index (χ0v) is 15.3. The first-order valence-electron chi connectivity index (χ1n) is 9.04. The van der Waals surface area contributed by atoms with E-state index in [0.29, 0.717) is 17.8 Å². The summed E-state index contributed by atoms with van der Waals surface area (Å²) in [6, 6.07) is 0.583. The van der Waals surface area contributed by atoms with Crippen molar-refractivity contribution < 1.29 is 4.79 Å². The molecule has 134 valence electrons. The summed E-state index contributed by atoms with van der Waals surface area (Å²) < 4.78 is 1.83. The molecule has 25 heavy (non-hydrogen) atoms. The zero-order valence-electron chi connectivity index (χ0n) is 14.4. The Labute approximate surface area is 151 Å². The van der Waals surface area contributed by atoms with Crippen LogP contribution < -0.4 is 11.1 Å². The molecule has 3 N–H and O–H groups in total. The monoisotopic (exact) mass is 360 g/mol. The molecule has 2 aliphatic rings. The number of thiazole rings is 1. The summed E-state index contributed by atoms with van der Waals surface area (Å²) >= 11 is 1.74. The van der Waals surface area contributed by atoms with Crippen LogP contribution in [0.1, 0.15) is 76.7 Å². The fraction of sp³-hybridized carbons (Fsp3) is 0.647. The molecule has 1 atom stereocenters. The molecule has 0 aromatic carbocycles. The molecule has 7 nitrogen and oxygen atoms in total. The molecule has 2 aromatic heterocycles. The van der Waals surface area contributed by atoms with Crippen LogP contribution in [0.4, 0.5) is 0 Å². The van der Waals surface area contributed by atoms with E-state index in [1.165, 1.54) is 4.88 Å². The normalized spacial score (nSPS) is 26.2. The average Bonchev–Trinajstić information content (AvgIpc) is 3.22. The lowest BCUT2D eigenvalue weighted by Gasteiger charge is -2.25. The van der Waals surface area contributed by atoms with Crippen LogP contribution in [-0.4, -0.2) is 31.9 Å². The topological polar surface area (TPSA) is 98.7 Å². The minimum Gasteiger partial charge on any atom is -0.342 e. The van der Waals surface area contributed by atoms with Gasteiger partial charge in [0.25, 0.3) is 5.91 Å². The van der Waals surface area contributed by atoms with Gasteiger partial charge >= 0.3 is 0 Å². The van der Waals surface area contributed by atoms with Crippen LogP contribution in [0.15, 0.2) is 6.20 Å². The predicted molar refractivity (Wildman–Crippen MR) is 95.5 cm³/mol. The SMILES string of the molecule is Cc1nc2c(s1)CCC[C@@H]2NC(=O)c1cn(C2CCC(N)CC2)nn1. The molecule has 0 unspecified atom stereocenters. The van der Waals surface area contributed by atoms with Crippen molar-refractivity contribution in [1.82, 2.24) is 25.3 Å². The maximum Gasteiger partial charge on any atom is 0.273 e. The maximum absolute atomic E-state index is 12.6. The number of aromatic nitrogens is 4. The number of carbonyl (C=O) groups excluding carboxylic acids is 1. The second-order valence-corrected chi connectivity index (χ2v) is 8.40. The van der Waals surface area contributed by atoms with Gasteiger partial charge in [0.05, 0.1) is 29.0 Å². The number of nitrogens with two attached hydrogens (primary N) is 1. The Kier molecular flexibility index (Phi) is 4.56. The van der Waals surface area contributed by atoms with Crippen molar-refractivity contribution in [3.8, 4) is 0 Å². The molecular weight excluding hydrogens is 336 g/mol. The fourth-order valence-electron chi connectivity index (χ4n) is 3.84. The Balaban J connectivity index is 1.44. The quantitative estimate of drug-likeness (QED) is 0.875. The van der Waals surface area contributed by atoms with E-state index >= 15 is 0 Å². The average molecular weight is 360 g/mol. The number of aryl methyl sites for hydroxylation is 2. The summed E-state index contributed by atoms with van der Waals surface area (Å²) in [5.41, 5.74) is 7.38. The Bertz CT molecular complexity index is 761. The highest BCUT2D eigenvalue weighted by molar-refractivity contribution is 7.11. The van der Waals surface area contributed by atoms with Crippen LogP contribution in [-0.2, 0) is 6.42 Å². The van der Waals surface area contributed by atoms with Crippen molar-refractivity contribution in [1.29, 1.82) is 0 Å². The van der Waals surface area contributed by atoms with Gasteiger partial charge in [-0.15, -0.1) is 16.4 Å². The summed E-state index contributed by atoms with van der Waals surface area (Å²) in [4.78, 5) is 18.5. The van der Waals surface area contributed by atoms with Gasteiger partial charge in [-0.25, -0.2) is 9.67 Å². The van der Waals surface area contributed by atoms with E-state index in [-0.39, 0.29) is 11.9 Å². The lowest BCUT2D eigenvalue weighted by atomic mass is 9.92. The van der Waals surface area contributed by atoms with Gasteiger partial charge in [0.1, 0.15) is 0 Å². The molecule has 0 radical (unpaired) electrons. The van der Waals surface area contributed by atoms with Gasteiger partial charge in [0, 0.05) is 10.9 Å². The molecule has 1 fully saturated rings. The molecule has 2 aliphatic carbocycles. The summed E-state index contributed by atoms with van der Waals surface area (Å²) in [5.74, 6) is -0.165. The molecule has 1 saturated carbocycles. The number of amides is 1. The van der Waals surface area contributed by atoms with E-state index in [9.17, 15) is 4.79 Å². The third-order valence-electron chi connectivity index (χ3n) is 5.22. The highest BCUT2D eigenvalue weighted by Gasteiger charge is 2.27. The van der Waals surface area contributed by atoms with Crippen LogP contribution >= 0.6 is 11.3 Å². The minimum absolute atomic E-state index is 0.0148. The summed E-state index contributed by atoms with van der Waals surface area (Å²) in [6.07, 6.45) is 8.83. The number of nitrogens with zero attached hydrogens (tertiary/aromatic N) is 4. The third kappa shape index (κ3) is 3.46. The van der Waals surface area contributed by atoms with E-state index in [1.54, 1.807) is 17.5 Å². The summed E-state index contributed by atoms with van der Waals surface area (Å²) in [6.45, 7) is 2.02. The van der Waals surface area contributed by atoms with Crippen molar-refractivity contribution >= 4 is 17.2 Å². The molecule has 4 rings (SSSR count). The smallest absolute Gasteiger partial charge is 0.273 e. The first-order chi connectivity index (χ1) is 12.1. The van der Waals surface area contributed by atoms with E-state index in [0.717, 1.165) is 55.6 Å². The lowest BCUT2D eigenvalue weighted by Crippen LogP contribution is -2.31. The molecule has 0 saturated heterocycles. The van der Waals surface area contributed by atoms with Crippen LogP contribution in [0.25, 0.3) is 0 Å². The Morgan fingerprint density at radius 1 is 1.32 bits per heavy atom. The minimum atomic E-state index is -0.165. The largest absolute Gasteiger partial charge is 0.342 e. The van der Waals surface area contributed by atoms with Gasteiger partial charge < -0.3 is 11.1 Å². The first-order valence-corrected chi connectivity index (χ1v) is 9.86. The number of rotatable bonds is 3. The Morgan fingerprint density at radius 3 is 2.92 bits per heavy atom. The van der Waals surface area contributed by atoms with E-state index < -0.39 is 0 Å². The second kappa shape index (κ2) is 6.84. The third-order valence-corrected chi connectivity index (χ3v) is 6.27. The van der Waals surface area contributed by atoms with Crippen LogP contribution in [0.5, 0.6) is 0 Å². The van der Waals surface area contributed by atoms with Crippen molar-refractivity contribution in [2.24, 2.45) is 5.73 Å². The van der Waals surface area contributed by atoms with Gasteiger partial charge in [-0.1, -0.05) is 5.21 Å². The molecule has 0 aliphatic heterocycles. The summed E-state index contributed by atoms with van der Waals surface area (Å²) in [7, 11) is 0. The molecular formula is C17H24N6OS. The first kappa shape index (κ1) is 16.7. The standard InChI is InChI=1S/C17H24N6OS/c1-10-19-16-13(3-2-4-15(16)25-10)20-17(24)14-9-23(22-21-14)12-7-5-11(18)6-8-12/h9,11-13H,2-8,18H2,1H3,(H,20,24)/t11?,12?,13-/m0/s1. The highest BCUT2D eigenvalue weighted by atomic mass is 32.1. The highest BCUT2D eigenvalue weighted by Crippen LogP contribution is 2.33. The Hall–Kier alpha value is -1.80. The van der Waals surface area contributed by atoms with Gasteiger partial charge in [-0.3, -0.25) is 4.79 Å². The van der Waals surface area contributed by atoms with Crippen LogP contribution in [0.3, 0.4) is 0 Å². The summed E-state index contributed by atoms with van der Waals surface area (Å²) in [5, 5.41) is 12.4. The number of hydrogen-bond acceptors (Lipinski definition) is 6. The number of hydrogen-bond donors (Lipinski definition) is 2. The molecule has 8 heteroatoms. The Morgan fingerprint density at radius 2 is 2.12 bits per heavy atom.